The Morgan fingerprint density at radius 1 is 0.778 bits per heavy atom. The largest absolute Gasteiger partial charge is 0.482 e. The Labute approximate surface area is 156 Å². The van der Waals surface area contributed by atoms with Gasteiger partial charge in [0.2, 0.25) is 0 Å². The predicted molar refractivity (Wildman–Crippen MR) is 96.2 cm³/mol. The molecule has 0 aliphatic carbocycles. The molecule has 0 aromatic heterocycles. The fourth-order valence-corrected chi connectivity index (χ4v) is 2.24. The number of hydrogen-bond donors (Lipinski definition) is 0. The molecule has 0 amide bonds. The molecule has 0 N–H and O–H groups in total. The highest BCUT2D eigenvalue weighted by Gasteiger charge is 2.16. The SMILES string of the molecule is COC(=O)c1cc(OC(=O)COc2ccc(C)c(C)c2)cc(C(=O)OC)c1. The van der Waals surface area contributed by atoms with E-state index < -0.39 is 17.9 Å². The molecule has 0 saturated carbocycles. The maximum absolute atomic E-state index is 12.1. The summed E-state index contributed by atoms with van der Waals surface area (Å²) >= 11 is 0. The lowest BCUT2D eigenvalue weighted by molar-refractivity contribution is -0.136. The van der Waals surface area contributed by atoms with Crippen LogP contribution in [0.2, 0.25) is 0 Å². The monoisotopic (exact) mass is 372 g/mol. The third-order valence-corrected chi connectivity index (χ3v) is 3.82. The van der Waals surface area contributed by atoms with Crippen molar-refractivity contribution in [3.8, 4) is 11.5 Å². The van der Waals surface area contributed by atoms with Gasteiger partial charge in [0.25, 0.3) is 0 Å². The Hall–Kier alpha value is -3.35. The van der Waals surface area contributed by atoms with Gasteiger partial charge in [-0.2, -0.15) is 0 Å². The molecule has 2 aromatic rings. The number of ether oxygens (including phenoxy) is 4. The fourth-order valence-electron chi connectivity index (χ4n) is 2.24. The Balaban J connectivity index is 2.12. The van der Waals surface area contributed by atoms with Crippen LogP contribution in [0.25, 0.3) is 0 Å². The second kappa shape index (κ2) is 8.84. The van der Waals surface area contributed by atoms with Crippen LogP contribution < -0.4 is 9.47 Å². The lowest BCUT2D eigenvalue weighted by Crippen LogP contribution is -2.18. The van der Waals surface area contributed by atoms with E-state index in [1.54, 1.807) is 6.07 Å². The molecule has 7 nitrogen and oxygen atoms in total. The average molecular weight is 372 g/mol. The van der Waals surface area contributed by atoms with Crippen molar-refractivity contribution in [2.75, 3.05) is 20.8 Å². The zero-order valence-corrected chi connectivity index (χ0v) is 15.5. The van der Waals surface area contributed by atoms with Gasteiger partial charge >= 0.3 is 17.9 Å². The predicted octanol–water partition coefficient (Wildman–Crippen LogP) is 2.86. The summed E-state index contributed by atoms with van der Waals surface area (Å²) in [4.78, 5) is 35.5. The number of carbonyl (C=O) groups is 3. The molecule has 2 aromatic carbocycles. The molecule has 0 aliphatic heterocycles. The van der Waals surface area contributed by atoms with Gasteiger partial charge in [-0.1, -0.05) is 6.07 Å². The van der Waals surface area contributed by atoms with E-state index in [0.29, 0.717) is 5.75 Å². The third-order valence-electron chi connectivity index (χ3n) is 3.82. The smallest absolute Gasteiger partial charge is 0.349 e. The number of benzene rings is 2. The highest BCUT2D eigenvalue weighted by molar-refractivity contribution is 5.96. The van der Waals surface area contributed by atoms with Crippen molar-refractivity contribution >= 4 is 17.9 Å². The first-order valence-corrected chi connectivity index (χ1v) is 8.06. The topological polar surface area (TPSA) is 88.1 Å². The molecule has 27 heavy (non-hydrogen) atoms. The number of aryl methyl sites for hydroxylation is 2. The van der Waals surface area contributed by atoms with Gasteiger partial charge in [0.15, 0.2) is 6.61 Å². The van der Waals surface area contributed by atoms with Gasteiger partial charge < -0.3 is 18.9 Å². The van der Waals surface area contributed by atoms with Gasteiger partial charge in [-0.25, -0.2) is 14.4 Å². The van der Waals surface area contributed by atoms with E-state index in [4.69, 9.17) is 9.47 Å². The van der Waals surface area contributed by atoms with Gasteiger partial charge in [-0.05, 0) is 55.3 Å². The molecular formula is C20H20O7. The number of methoxy groups -OCH3 is 2. The summed E-state index contributed by atoms with van der Waals surface area (Å²) in [6, 6.07) is 9.34. The maximum atomic E-state index is 12.1. The molecule has 142 valence electrons. The van der Waals surface area contributed by atoms with Crippen LogP contribution in [-0.2, 0) is 14.3 Å². The number of carbonyl (C=O) groups excluding carboxylic acids is 3. The lowest BCUT2D eigenvalue weighted by atomic mass is 10.1. The summed E-state index contributed by atoms with van der Waals surface area (Å²) in [5.41, 5.74) is 2.26. The molecule has 0 saturated heterocycles. The van der Waals surface area contributed by atoms with Crippen LogP contribution in [0.5, 0.6) is 11.5 Å². The van der Waals surface area contributed by atoms with Crippen LogP contribution in [0.15, 0.2) is 36.4 Å². The second-order valence-electron chi connectivity index (χ2n) is 5.74. The zero-order chi connectivity index (χ0) is 20.0. The summed E-state index contributed by atoms with van der Waals surface area (Å²) in [7, 11) is 2.41. The van der Waals surface area contributed by atoms with Crippen LogP contribution in [0.4, 0.5) is 0 Å². The number of esters is 3. The van der Waals surface area contributed by atoms with Crippen molar-refractivity contribution in [1.82, 2.24) is 0 Å². The maximum Gasteiger partial charge on any atom is 0.349 e. The van der Waals surface area contributed by atoms with E-state index in [9.17, 15) is 14.4 Å². The number of hydrogen-bond acceptors (Lipinski definition) is 7. The van der Waals surface area contributed by atoms with Crippen LogP contribution in [-0.4, -0.2) is 38.7 Å². The van der Waals surface area contributed by atoms with E-state index in [0.717, 1.165) is 11.1 Å². The van der Waals surface area contributed by atoms with Crippen LogP contribution in [0.1, 0.15) is 31.8 Å². The minimum atomic E-state index is -0.689. The Kier molecular flexibility index (Phi) is 6.54. The molecule has 0 radical (unpaired) electrons. The first-order valence-electron chi connectivity index (χ1n) is 8.06. The Morgan fingerprint density at radius 2 is 1.37 bits per heavy atom. The molecule has 0 fully saturated rings. The van der Waals surface area contributed by atoms with Gasteiger partial charge in [0.1, 0.15) is 11.5 Å². The van der Waals surface area contributed by atoms with Crippen molar-refractivity contribution in [2.24, 2.45) is 0 Å². The minimum Gasteiger partial charge on any atom is -0.482 e. The molecule has 0 aliphatic rings. The Bertz CT molecular complexity index is 836. The average Bonchev–Trinajstić information content (AvgIpc) is 2.67. The highest BCUT2D eigenvalue weighted by atomic mass is 16.6. The summed E-state index contributed by atoms with van der Waals surface area (Å²) in [6.45, 7) is 3.58. The van der Waals surface area contributed by atoms with Crippen LogP contribution >= 0.6 is 0 Å². The van der Waals surface area contributed by atoms with Crippen LogP contribution in [0, 0.1) is 13.8 Å². The Morgan fingerprint density at radius 3 is 1.89 bits per heavy atom. The molecule has 7 heteroatoms. The fraction of sp³-hybridized carbons (Fsp3) is 0.250. The molecule has 0 spiro atoms. The van der Waals surface area contributed by atoms with Crippen molar-refractivity contribution in [3.05, 3.63) is 58.7 Å². The molecule has 0 unspecified atom stereocenters. The van der Waals surface area contributed by atoms with E-state index in [1.807, 2.05) is 26.0 Å². The minimum absolute atomic E-state index is 0.00647. The number of rotatable bonds is 6. The quantitative estimate of drug-likeness (QED) is 0.569. The summed E-state index contributed by atoms with van der Waals surface area (Å²) in [5.74, 6) is -1.50. The van der Waals surface area contributed by atoms with E-state index in [-0.39, 0.29) is 23.5 Å². The normalized spacial score (nSPS) is 10.1. The van der Waals surface area contributed by atoms with E-state index >= 15 is 0 Å². The first-order chi connectivity index (χ1) is 12.8. The molecular weight excluding hydrogens is 352 g/mol. The highest BCUT2D eigenvalue weighted by Crippen LogP contribution is 2.20. The first kappa shape index (κ1) is 20.0. The summed E-state index contributed by atoms with van der Waals surface area (Å²) in [5, 5.41) is 0. The molecule has 2 rings (SSSR count). The van der Waals surface area contributed by atoms with Gasteiger partial charge in [-0.15, -0.1) is 0 Å². The lowest BCUT2D eigenvalue weighted by Gasteiger charge is -2.10. The standard InChI is InChI=1S/C20H20O7/c1-12-5-6-16(7-13(12)2)26-11-18(21)27-17-9-14(19(22)24-3)8-15(10-17)20(23)25-4/h5-10H,11H2,1-4H3. The van der Waals surface area contributed by atoms with Crippen LogP contribution in [0.3, 0.4) is 0 Å². The van der Waals surface area contributed by atoms with Crippen molar-refractivity contribution < 1.29 is 33.3 Å². The molecule has 0 atom stereocenters. The van der Waals surface area contributed by atoms with Crippen molar-refractivity contribution in [2.45, 2.75) is 13.8 Å². The van der Waals surface area contributed by atoms with Gasteiger partial charge in [0.05, 0.1) is 25.3 Å². The molecule has 0 bridgehead atoms. The van der Waals surface area contributed by atoms with Gasteiger partial charge in [0, 0.05) is 0 Å². The van der Waals surface area contributed by atoms with E-state index in [1.165, 1.54) is 32.4 Å². The summed E-state index contributed by atoms with van der Waals surface area (Å²) < 4.78 is 19.9. The third kappa shape index (κ3) is 5.31. The van der Waals surface area contributed by atoms with Crippen molar-refractivity contribution in [1.29, 1.82) is 0 Å². The summed E-state index contributed by atoms with van der Waals surface area (Å²) in [6.07, 6.45) is 0. The zero-order valence-electron chi connectivity index (χ0n) is 15.5. The van der Waals surface area contributed by atoms with E-state index in [2.05, 4.69) is 9.47 Å². The van der Waals surface area contributed by atoms with Crippen molar-refractivity contribution in [3.63, 3.8) is 0 Å². The van der Waals surface area contributed by atoms with Gasteiger partial charge in [-0.3, -0.25) is 0 Å². The second-order valence-corrected chi connectivity index (χ2v) is 5.74. The molecule has 0 heterocycles.